The summed E-state index contributed by atoms with van der Waals surface area (Å²) in [4.78, 5) is 15.1. The molecular weight excluding hydrogens is 324 g/mol. The second-order valence-corrected chi connectivity index (χ2v) is 8.48. The number of nitrogens with zero attached hydrogens (tertiary/aromatic N) is 1. The molecule has 0 aromatic heterocycles. The Morgan fingerprint density at radius 2 is 1.92 bits per heavy atom. The van der Waals surface area contributed by atoms with Crippen molar-refractivity contribution in [3.05, 3.63) is 35.9 Å². The van der Waals surface area contributed by atoms with Crippen LogP contribution in [0.2, 0.25) is 0 Å². The van der Waals surface area contributed by atoms with Gasteiger partial charge in [0.25, 0.3) is 0 Å². The highest BCUT2D eigenvalue weighted by molar-refractivity contribution is 5.76. The number of carbonyl (C=O) groups excluding carboxylic acids is 1. The number of amides is 1. The van der Waals surface area contributed by atoms with Gasteiger partial charge in [-0.1, -0.05) is 36.8 Å². The first-order valence-electron chi connectivity index (χ1n) is 10.4. The van der Waals surface area contributed by atoms with E-state index in [0.717, 1.165) is 43.9 Å². The SMILES string of the molecule is O=C(CC1CCOC2(CCN(C3CCC3)CC2)C1)NCc1ccccc1. The predicted molar refractivity (Wildman–Crippen MR) is 103 cm³/mol. The summed E-state index contributed by atoms with van der Waals surface area (Å²) in [6, 6.07) is 11.0. The molecule has 3 aliphatic rings. The monoisotopic (exact) mass is 356 g/mol. The highest BCUT2D eigenvalue weighted by Crippen LogP contribution is 2.40. The first-order valence-corrected chi connectivity index (χ1v) is 10.4. The van der Waals surface area contributed by atoms with E-state index in [1.165, 1.54) is 32.4 Å². The summed E-state index contributed by atoms with van der Waals surface area (Å²) in [7, 11) is 0. The summed E-state index contributed by atoms with van der Waals surface area (Å²) >= 11 is 0. The number of likely N-dealkylation sites (tertiary alicyclic amines) is 1. The van der Waals surface area contributed by atoms with Gasteiger partial charge in [-0.05, 0) is 50.0 Å². The van der Waals surface area contributed by atoms with Crippen LogP contribution in [0.25, 0.3) is 0 Å². The molecule has 2 saturated heterocycles. The van der Waals surface area contributed by atoms with Gasteiger partial charge < -0.3 is 15.0 Å². The Balaban J connectivity index is 1.24. The molecule has 26 heavy (non-hydrogen) atoms. The average Bonchev–Trinajstić information content (AvgIpc) is 2.62. The van der Waals surface area contributed by atoms with Crippen molar-refractivity contribution in [3.8, 4) is 0 Å². The van der Waals surface area contributed by atoms with Crippen molar-refractivity contribution in [2.75, 3.05) is 19.7 Å². The van der Waals surface area contributed by atoms with Gasteiger partial charge in [-0.15, -0.1) is 0 Å². The van der Waals surface area contributed by atoms with Gasteiger partial charge in [-0.2, -0.15) is 0 Å². The molecular formula is C22H32N2O2. The number of nitrogens with one attached hydrogen (secondary N) is 1. The minimum Gasteiger partial charge on any atom is -0.375 e. The van der Waals surface area contributed by atoms with E-state index < -0.39 is 0 Å². The third-order valence-corrected chi connectivity index (χ3v) is 6.70. The van der Waals surface area contributed by atoms with Crippen molar-refractivity contribution >= 4 is 5.91 Å². The first-order chi connectivity index (χ1) is 12.7. The first kappa shape index (κ1) is 18.0. The third kappa shape index (κ3) is 4.29. The number of ether oxygens (including phenoxy) is 1. The van der Waals surface area contributed by atoms with E-state index in [-0.39, 0.29) is 11.5 Å². The van der Waals surface area contributed by atoms with Crippen LogP contribution in [0.1, 0.15) is 56.9 Å². The lowest BCUT2D eigenvalue weighted by Crippen LogP contribution is -2.53. The zero-order valence-electron chi connectivity index (χ0n) is 15.8. The van der Waals surface area contributed by atoms with E-state index in [0.29, 0.717) is 18.9 Å². The summed E-state index contributed by atoms with van der Waals surface area (Å²) in [5, 5.41) is 3.09. The van der Waals surface area contributed by atoms with Crippen LogP contribution in [0.15, 0.2) is 30.3 Å². The molecule has 1 atom stereocenters. The molecule has 1 amide bonds. The van der Waals surface area contributed by atoms with Gasteiger partial charge in [0.1, 0.15) is 0 Å². The molecule has 2 aliphatic heterocycles. The van der Waals surface area contributed by atoms with Crippen molar-refractivity contribution in [2.45, 2.75) is 69.6 Å². The lowest BCUT2D eigenvalue weighted by atomic mass is 9.77. The molecule has 0 radical (unpaired) electrons. The molecule has 4 heteroatoms. The van der Waals surface area contributed by atoms with Crippen molar-refractivity contribution in [1.82, 2.24) is 10.2 Å². The summed E-state index contributed by atoms with van der Waals surface area (Å²) in [6.45, 7) is 3.81. The van der Waals surface area contributed by atoms with Crippen LogP contribution in [-0.4, -0.2) is 42.1 Å². The third-order valence-electron chi connectivity index (χ3n) is 6.70. The molecule has 1 N–H and O–H groups in total. The van der Waals surface area contributed by atoms with E-state index in [2.05, 4.69) is 22.3 Å². The Morgan fingerprint density at radius 3 is 2.62 bits per heavy atom. The molecule has 0 bridgehead atoms. The molecule has 142 valence electrons. The lowest BCUT2D eigenvalue weighted by molar-refractivity contribution is -0.139. The molecule has 2 heterocycles. The summed E-state index contributed by atoms with van der Waals surface area (Å²) in [5.74, 6) is 0.651. The van der Waals surface area contributed by atoms with Crippen LogP contribution >= 0.6 is 0 Å². The number of benzene rings is 1. The fourth-order valence-corrected chi connectivity index (χ4v) is 4.83. The second kappa shape index (κ2) is 8.10. The predicted octanol–water partition coefficient (Wildman–Crippen LogP) is 3.51. The molecule has 1 aromatic carbocycles. The highest BCUT2D eigenvalue weighted by Gasteiger charge is 2.42. The molecule has 1 aromatic rings. The van der Waals surface area contributed by atoms with Gasteiger partial charge in [-0.25, -0.2) is 0 Å². The van der Waals surface area contributed by atoms with Gasteiger partial charge in [-0.3, -0.25) is 4.79 Å². The maximum Gasteiger partial charge on any atom is 0.220 e. The number of rotatable bonds is 5. The Kier molecular flexibility index (Phi) is 5.60. The Bertz CT molecular complexity index is 591. The Morgan fingerprint density at radius 1 is 1.15 bits per heavy atom. The molecule has 1 saturated carbocycles. The maximum absolute atomic E-state index is 12.4. The van der Waals surface area contributed by atoms with E-state index in [1.54, 1.807) is 0 Å². The van der Waals surface area contributed by atoms with E-state index in [4.69, 9.17) is 4.74 Å². The van der Waals surface area contributed by atoms with Crippen molar-refractivity contribution in [2.24, 2.45) is 5.92 Å². The minimum atomic E-state index is 0.0445. The van der Waals surface area contributed by atoms with Crippen LogP contribution < -0.4 is 5.32 Å². The minimum absolute atomic E-state index is 0.0445. The number of piperidine rings is 1. The molecule has 4 rings (SSSR count). The fourth-order valence-electron chi connectivity index (χ4n) is 4.83. The Hall–Kier alpha value is -1.39. The molecule has 3 fully saturated rings. The zero-order valence-corrected chi connectivity index (χ0v) is 15.8. The number of hydrogen-bond acceptors (Lipinski definition) is 3. The van der Waals surface area contributed by atoms with Gasteiger partial charge >= 0.3 is 0 Å². The van der Waals surface area contributed by atoms with Crippen LogP contribution in [0.3, 0.4) is 0 Å². The van der Waals surface area contributed by atoms with Gasteiger partial charge in [0.15, 0.2) is 0 Å². The zero-order chi connectivity index (χ0) is 17.8. The highest BCUT2D eigenvalue weighted by atomic mass is 16.5. The second-order valence-electron chi connectivity index (χ2n) is 8.48. The van der Waals surface area contributed by atoms with E-state index in [1.807, 2.05) is 18.2 Å². The van der Waals surface area contributed by atoms with Crippen LogP contribution in [0.4, 0.5) is 0 Å². The smallest absolute Gasteiger partial charge is 0.220 e. The average molecular weight is 357 g/mol. The topological polar surface area (TPSA) is 41.6 Å². The van der Waals surface area contributed by atoms with Crippen molar-refractivity contribution in [1.29, 1.82) is 0 Å². The maximum atomic E-state index is 12.4. The largest absolute Gasteiger partial charge is 0.375 e. The van der Waals surface area contributed by atoms with Crippen molar-refractivity contribution in [3.63, 3.8) is 0 Å². The summed E-state index contributed by atoms with van der Waals surface area (Å²) in [5.41, 5.74) is 1.20. The summed E-state index contributed by atoms with van der Waals surface area (Å²) < 4.78 is 6.27. The lowest BCUT2D eigenvalue weighted by Gasteiger charge is -2.49. The van der Waals surface area contributed by atoms with Gasteiger partial charge in [0, 0.05) is 38.7 Å². The van der Waals surface area contributed by atoms with Crippen LogP contribution in [0, 0.1) is 5.92 Å². The fraction of sp³-hybridized carbons (Fsp3) is 0.682. The quantitative estimate of drug-likeness (QED) is 0.878. The molecule has 4 nitrogen and oxygen atoms in total. The molecule has 1 unspecified atom stereocenters. The Labute approximate surface area is 157 Å². The standard InChI is InChI=1S/C22H32N2O2/c25-21(23-17-18-5-2-1-3-6-18)15-19-9-14-26-22(16-19)10-12-24(13-11-22)20-7-4-8-20/h1-3,5-6,19-20H,4,7-17H2,(H,23,25). The van der Waals surface area contributed by atoms with Crippen molar-refractivity contribution < 1.29 is 9.53 Å². The molecule has 1 spiro atoms. The van der Waals surface area contributed by atoms with Crippen LogP contribution in [0.5, 0.6) is 0 Å². The molecule has 1 aliphatic carbocycles. The van der Waals surface area contributed by atoms with E-state index in [9.17, 15) is 4.79 Å². The van der Waals surface area contributed by atoms with Gasteiger partial charge in [0.05, 0.1) is 5.60 Å². The van der Waals surface area contributed by atoms with Crippen LogP contribution in [-0.2, 0) is 16.1 Å². The van der Waals surface area contributed by atoms with Gasteiger partial charge in [0.2, 0.25) is 5.91 Å². The number of carbonyl (C=O) groups is 1. The number of hydrogen-bond donors (Lipinski definition) is 1. The summed E-state index contributed by atoms with van der Waals surface area (Å²) in [6.07, 6.45) is 9.19. The normalized spacial score (nSPS) is 26.4. The van der Waals surface area contributed by atoms with E-state index >= 15 is 0 Å².